The van der Waals surface area contributed by atoms with E-state index >= 15 is 0 Å². The average Bonchev–Trinajstić information content (AvgIpc) is 2.75. The quantitative estimate of drug-likeness (QED) is 0.299. The van der Waals surface area contributed by atoms with E-state index in [1.807, 2.05) is 27.7 Å². The molecule has 0 saturated heterocycles. The van der Waals surface area contributed by atoms with Crippen molar-refractivity contribution in [1.29, 1.82) is 5.41 Å². The van der Waals surface area contributed by atoms with Gasteiger partial charge in [-0.3, -0.25) is 15.2 Å². The molecule has 3 aromatic rings. The van der Waals surface area contributed by atoms with Crippen LogP contribution in [0.3, 0.4) is 0 Å². The Morgan fingerprint density at radius 3 is 2.50 bits per heavy atom. The first kappa shape index (κ1) is 23.9. The largest absolute Gasteiger partial charge is 0.412 e. The van der Waals surface area contributed by atoms with Gasteiger partial charge in [-0.25, -0.2) is 15.0 Å². The Hall–Kier alpha value is -4.39. The number of ether oxygens (including phenoxy) is 1. The highest BCUT2D eigenvalue weighted by Crippen LogP contribution is 2.19. The van der Waals surface area contributed by atoms with Crippen LogP contribution in [0.4, 0.5) is 5.82 Å². The van der Waals surface area contributed by atoms with E-state index in [2.05, 4.69) is 36.8 Å². The minimum Gasteiger partial charge on any atom is -0.412 e. The third-order valence-corrected chi connectivity index (χ3v) is 3.94. The number of nitrogens with two attached hydrogens (primary N) is 2. The number of nitrogens with zero attached hydrogens (tertiary/aromatic N) is 5. The summed E-state index contributed by atoms with van der Waals surface area (Å²) in [5.74, 6) is 5.23. The first-order valence-electron chi connectivity index (χ1n) is 9.72. The molecule has 0 fully saturated rings. The predicted molar refractivity (Wildman–Crippen MR) is 123 cm³/mol. The number of aryl methyl sites for hydroxylation is 2. The second-order valence-corrected chi connectivity index (χ2v) is 6.27. The molecule has 164 valence electrons. The lowest BCUT2D eigenvalue weighted by molar-refractivity contribution is 0.100. The van der Waals surface area contributed by atoms with Crippen molar-refractivity contribution >= 4 is 34.7 Å². The summed E-state index contributed by atoms with van der Waals surface area (Å²) in [6.45, 7) is 9.08. The maximum absolute atomic E-state index is 12.2. The SMILES string of the molecule is CC.CC(=N)OC(N)=NC(=O)c1cncc(C#Cc2c(N)ncc3nc(C)c(C)nc23)c1. The minimum absolute atomic E-state index is 0.159. The molecule has 10 heteroatoms. The van der Waals surface area contributed by atoms with Crippen LogP contribution in [-0.4, -0.2) is 37.8 Å². The number of aromatic nitrogens is 4. The molecule has 3 heterocycles. The van der Waals surface area contributed by atoms with Crippen molar-refractivity contribution in [1.82, 2.24) is 19.9 Å². The molecule has 0 atom stereocenters. The third-order valence-electron chi connectivity index (χ3n) is 3.94. The van der Waals surface area contributed by atoms with Gasteiger partial charge in [0.15, 0.2) is 5.90 Å². The molecule has 0 unspecified atom stereocenters. The van der Waals surface area contributed by atoms with E-state index in [4.69, 9.17) is 21.6 Å². The molecule has 32 heavy (non-hydrogen) atoms. The number of anilines is 1. The van der Waals surface area contributed by atoms with Gasteiger partial charge in [-0.2, -0.15) is 4.99 Å². The highest BCUT2D eigenvalue weighted by Gasteiger charge is 2.10. The van der Waals surface area contributed by atoms with Gasteiger partial charge in [0.25, 0.3) is 11.9 Å². The van der Waals surface area contributed by atoms with E-state index in [-0.39, 0.29) is 17.3 Å². The zero-order chi connectivity index (χ0) is 23.8. The number of amidine groups is 1. The number of hydrogen-bond acceptors (Lipinski definition) is 8. The number of amides is 1. The number of pyridine rings is 2. The minimum atomic E-state index is -0.673. The van der Waals surface area contributed by atoms with Crippen molar-refractivity contribution in [2.45, 2.75) is 34.6 Å². The van der Waals surface area contributed by atoms with E-state index in [0.717, 1.165) is 11.4 Å². The van der Waals surface area contributed by atoms with E-state index in [1.54, 1.807) is 6.20 Å². The topological polar surface area (TPSA) is 166 Å². The standard InChI is InChI=1S/C20H18N8O2.C2H6/c1-10-11(2)27-17-15(18(22)25-9-16(17)26-10)5-4-13-6-14(8-24-7-13)19(29)28-20(23)30-12(3)21;1-2/h6-9,21H,1-3H3,(H2,22,25)(H2,23,28,29);1-2H3. The Morgan fingerprint density at radius 2 is 1.81 bits per heavy atom. The van der Waals surface area contributed by atoms with Crippen LogP contribution in [0.1, 0.15) is 53.6 Å². The summed E-state index contributed by atoms with van der Waals surface area (Å²) in [5.41, 5.74) is 15.2. The van der Waals surface area contributed by atoms with Gasteiger partial charge in [0.05, 0.1) is 28.7 Å². The maximum Gasteiger partial charge on any atom is 0.296 e. The number of carbonyl (C=O) groups excluding carboxylic acids is 1. The van der Waals surface area contributed by atoms with Crippen molar-refractivity contribution in [3.63, 3.8) is 0 Å². The molecule has 0 aliphatic rings. The molecule has 0 saturated carbocycles. The van der Waals surface area contributed by atoms with Crippen molar-refractivity contribution in [3.8, 4) is 11.8 Å². The van der Waals surface area contributed by atoms with Gasteiger partial charge >= 0.3 is 0 Å². The predicted octanol–water partition coefficient (Wildman–Crippen LogP) is 2.51. The number of rotatable bonds is 1. The molecule has 5 N–H and O–H groups in total. The van der Waals surface area contributed by atoms with Crippen molar-refractivity contribution in [2.24, 2.45) is 10.7 Å². The Morgan fingerprint density at radius 1 is 1.12 bits per heavy atom. The molecular formula is C22H24N8O2. The fraction of sp³-hybridized carbons (Fsp3) is 0.227. The molecule has 0 spiro atoms. The van der Waals surface area contributed by atoms with Gasteiger partial charge in [-0.1, -0.05) is 25.7 Å². The molecule has 0 bridgehead atoms. The van der Waals surface area contributed by atoms with Gasteiger partial charge in [-0.05, 0) is 19.9 Å². The smallest absolute Gasteiger partial charge is 0.296 e. The zero-order valence-electron chi connectivity index (χ0n) is 18.5. The monoisotopic (exact) mass is 432 g/mol. The van der Waals surface area contributed by atoms with Gasteiger partial charge in [0, 0.05) is 24.9 Å². The summed E-state index contributed by atoms with van der Waals surface area (Å²) in [7, 11) is 0. The highest BCUT2D eigenvalue weighted by molar-refractivity contribution is 6.02. The molecular weight excluding hydrogens is 408 g/mol. The summed E-state index contributed by atoms with van der Waals surface area (Å²) in [6, 6.07) is 1.08. The van der Waals surface area contributed by atoms with E-state index in [9.17, 15) is 4.79 Å². The molecule has 0 radical (unpaired) electrons. The second kappa shape index (κ2) is 10.6. The lowest BCUT2D eigenvalue weighted by atomic mass is 10.1. The zero-order valence-corrected chi connectivity index (χ0v) is 18.5. The summed E-state index contributed by atoms with van der Waals surface area (Å²) < 4.78 is 4.76. The van der Waals surface area contributed by atoms with Gasteiger partial charge < -0.3 is 16.2 Å². The number of carbonyl (C=O) groups is 1. The molecule has 0 aliphatic carbocycles. The number of hydrogen-bond donors (Lipinski definition) is 3. The van der Waals surface area contributed by atoms with Crippen LogP contribution in [0.15, 0.2) is 29.6 Å². The van der Waals surface area contributed by atoms with E-state index in [0.29, 0.717) is 22.2 Å². The van der Waals surface area contributed by atoms with Crippen molar-refractivity contribution < 1.29 is 9.53 Å². The second-order valence-electron chi connectivity index (χ2n) is 6.27. The van der Waals surface area contributed by atoms with Gasteiger partial charge in [0.2, 0.25) is 0 Å². The number of fused-ring (bicyclic) bond motifs is 1. The molecule has 1 amide bonds. The lowest BCUT2D eigenvalue weighted by Gasteiger charge is -2.05. The number of nitrogens with one attached hydrogen (secondary N) is 1. The van der Waals surface area contributed by atoms with Crippen LogP contribution in [0, 0.1) is 31.1 Å². The molecule has 0 aliphatic heterocycles. The third kappa shape index (κ3) is 5.82. The van der Waals surface area contributed by atoms with Crippen LogP contribution >= 0.6 is 0 Å². The number of aliphatic imine (C=N–C) groups is 1. The molecule has 3 aromatic heterocycles. The van der Waals surface area contributed by atoms with Gasteiger partial charge in [-0.15, -0.1) is 0 Å². The van der Waals surface area contributed by atoms with E-state index < -0.39 is 11.9 Å². The van der Waals surface area contributed by atoms with Crippen LogP contribution in [0.5, 0.6) is 0 Å². The Labute approximate surface area is 185 Å². The van der Waals surface area contributed by atoms with Gasteiger partial charge in [0.1, 0.15) is 16.9 Å². The highest BCUT2D eigenvalue weighted by atomic mass is 16.5. The maximum atomic E-state index is 12.2. The Bertz CT molecular complexity index is 1270. The van der Waals surface area contributed by atoms with Crippen LogP contribution in [-0.2, 0) is 4.74 Å². The normalized spacial score (nSPS) is 10.5. The van der Waals surface area contributed by atoms with Crippen molar-refractivity contribution in [3.05, 3.63) is 52.7 Å². The summed E-state index contributed by atoms with van der Waals surface area (Å²) in [5, 5.41) is 7.19. The van der Waals surface area contributed by atoms with Crippen molar-refractivity contribution in [2.75, 3.05) is 5.73 Å². The van der Waals surface area contributed by atoms with Crippen LogP contribution in [0.25, 0.3) is 11.0 Å². The first-order chi connectivity index (χ1) is 15.2. The van der Waals surface area contributed by atoms with E-state index in [1.165, 1.54) is 25.4 Å². The average molecular weight is 432 g/mol. The lowest BCUT2D eigenvalue weighted by Crippen LogP contribution is -2.20. The number of nitrogen functional groups attached to an aromatic ring is 1. The summed E-state index contributed by atoms with van der Waals surface area (Å²) in [4.78, 5) is 32.9. The fourth-order valence-electron chi connectivity index (χ4n) is 2.44. The molecule has 10 nitrogen and oxygen atoms in total. The first-order valence-corrected chi connectivity index (χ1v) is 9.72. The fourth-order valence-corrected chi connectivity index (χ4v) is 2.44. The Kier molecular flexibility index (Phi) is 7.90. The summed E-state index contributed by atoms with van der Waals surface area (Å²) >= 11 is 0. The molecule has 0 aromatic carbocycles. The summed E-state index contributed by atoms with van der Waals surface area (Å²) in [6.07, 6.45) is 4.37. The van der Waals surface area contributed by atoms with Crippen LogP contribution in [0.2, 0.25) is 0 Å². The Balaban J connectivity index is 0.00000176. The van der Waals surface area contributed by atoms with Crippen LogP contribution < -0.4 is 11.5 Å². The molecule has 3 rings (SSSR count).